The molecule has 1 N–H and O–H groups in total. The monoisotopic (exact) mass is 506 g/mol. The van der Waals surface area contributed by atoms with Crippen LogP contribution in [0, 0.1) is 11.3 Å². The van der Waals surface area contributed by atoms with Gasteiger partial charge in [-0.2, -0.15) is 5.26 Å². The molecule has 1 unspecified atom stereocenters. The summed E-state index contributed by atoms with van der Waals surface area (Å²) in [6.07, 6.45) is 6.66. The van der Waals surface area contributed by atoms with E-state index in [1.54, 1.807) is 12.5 Å². The number of likely N-dealkylation sites (N-methyl/N-ethyl adjacent to an activating group) is 1. The Morgan fingerprint density at radius 2 is 2.06 bits per heavy atom. The molecule has 0 aliphatic carbocycles. The third kappa shape index (κ3) is 4.16. The summed E-state index contributed by atoms with van der Waals surface area (Å²) in [4.78, 5) is 22.5. The molecule has 1 saturated heterocycles. The first kappa shape index (κ1) is 23.1. The number of aromatic amines is 1. The van der Waals surface area contributed by atoms with Gasteiger partial charge in [0.15, 0.2) is 0 Å². The summed E-state index contributed by atoms with van der Waals surface area (Å²) >= 11 is 3.77. The second-order valence-corrected chi connectivity index (χ2v) is 9.58. The molecule has 1 aliphatic rings. The number of likely N-dealkylation sites (tertiary alicyclic amines) is 1. The van der Waals surface area contributed by atoms with Gasteiger partial charge < -0.3 is 14.6 Å². The van der Waals surface area contributed by atoms with Crippen LogP contribution < -0.4 is 4.74 Å². The van der Waals surface area contributed by atoms with Crippen molar-refractivity contribution in [1.82, 2.24) is 14.9 Å². The molecule has 0 bridgehead atoms. The summed E-state index contributed by atoms with van der Waals surface area (Å²) in [5, 5.41) is 10.2. The van der Waals surface area contributed by atoms with Crippen LogP contribution in [0.1, 0.15) is 55.0 Å². The fourth-order valence-electron chi connectivity index (χ4n) is 4.70. The number of amides is 1. The molecule has 1 aliphatic heterocycles. The number of ether oxygens (including phenoxy) is 1. The van der Waals surface area contributed by atoms with E-state index in [1.165, 1.54) is 0 Å². The van der Waals surface area contributed by atoms with Gasteiger partial charge in [-0.3, -0.25) is 4.79 Å². The van der Waals surface area contributed by atoms with Crippen molar-refractivity contribution < 1.29 is 9.53 Å². The van der Waals surface area contributed by atoms with Crippen molar-refractivity contribution in [3.63, 3.8) is 0 Å². The number of carbonyl (C=O) groups is 1. The minimum absolute atomic E-state index is 0.123. The van der Waals surface area contributed by atoms with E-state index in [-0.39, 0.29) is 5.91 Å². The number of alkyl halides is 1. The van der Waals surface area contributed by atoms with Gasteiger partial charge in [0.1, 0.15) is 5.75 Å². The van der Waals surface area contributed by atoms with Crippen molar-refractivity contribution >= 4 is 21.8 Å². The normalized spacial score (nSPS) is 20.5. The minimum Gasteiger partial charge on any atom is -0.466 e. The molecular formula is C26H27BrN4O2. The Morgan fingerprint density at radius 3 is 2.73 bits per heavy atom. The average molecular weight is 507 g/mol. The van der Waals surface area contributed by atoms with Gasteiger partial charge in [-0.25, -0.2) is 4.98 Å². The van der Waals surface area contributed by atoms with Gasteiger partial charge in [-0.1, -0.05) is 43.7 Å². The summed E-state index contributed by atoms with van der Waals surface area (Å²) in [6.45, 7) is 2.81. The third-order valence-electron chi connectivity index (χ3n) is 6.59. The molecule has 7 heteroatoms. The fourth-order valence-corrected chi connectivity index (χ4v) is 5.45. The molecule has 4 rings (SSSR count). The Bertz CT molecular complexity index is 1160. The highest BCUT2D eigenvalue weighted by Gasteiger charge is 2.43. The molecule has 6 nitrogen and oxygen atoms in total. The van der Waals surface area contributed by atoms with Crippen molar-refractivity contribution in [2.24, 2.45) is 0 Å². The second kappa shape index (κ2) is 9.40. The fraction of sp³-hybridized carbons (Fsp3) is 0.346. The lowest BCUT2D eigenvalue weighted by atomic mass is 9.73. The Morgan fingerprint density at radius 1 is 1.27 bits per heavy atom. The van der Waals surface area contributed by atoms with Gasteiger partial charge >= 0.3 is 0 Å². The van der Waals surface area contributed by atoms with Crippen molar-refractivity contribution in [2.75, 3.05) is 13.6 Å². The molecular weight excluding hydrogens is 480 g/mol. The van der Waals surface area contributed by atoms with Crippen molar-refractivity contribution in [1.29, 1.82) is 5.26 Å². The lowest BCUT2D eigenvalue weighted by Crippen LogP contribution is -2.43. The van der Waals surface area contributed by atoms with Crippen LogP contribution in [0.5, 0.6) is 5.75 Å². The van der Waals surface area contributed by atoms with E-state index >= 15 is 0 Å². The highest BCUT2D eigenvalue weighted by molar-refractivity contribution is 9.09. The molecule has 33 heavy (non-hydrogen) atoms. The van der Waals surface area contributed by atoms with E-state index in [4.69, 9.17) is 4.74 Å². The van der Waals surface area contributed by atoms with Crippen LogP contribution in [-0.4, -0.2) is 34.4 Å². The molecule has 2 heterocycles. The Balaban J connectivity index is 1.84. The predicted molar refractivity (Wildman–Crippen MR) is 130 cm³/mol. The molecule has 2 atom stereocenters. The number of carbonyl (C=O) groups excluding carboxylic acids is 1. The first-order valence-electron chi connectivity index (χ1n) is 11.2. The minimum atomic E-state index is -1.15. The molecule has 0 spiro atoms. The molecule has 2 aromatic carbocycles. The van der Waals surface area contributed by atoms with E-state index in [1.807, 2.05) is 60.5 Å². The van der Waals surface area contributed by atoms with Gasteiger partial charge in [0.2, 0.25) is 10.4 Å². The number of nitrogens with zero attached hydrogens (tertiary/aromatic N) is 3. The standard InChI is InChI=1S/C26H27BrN4O2/c1-3-25(13-7-8-14-31(2)24(25)32)20-11-12-22(19(15-20)16-28)26(27,23-17-29-18-30-23)33-21-9-5-4-6-10-21/h4-6,9-12,15,17-18H,3,7-8,13-14H2,1-2H3,(H,29,30)/t25-,26?/m0/s1. The Labute approximate surface area is 202 Å². The van der Waals surface area contributed by atoms with Crippen molar-refractivity contribution in [2.45, 2.75) is 42.5 Å². The molecule has 1 aromatic heterocycles. The number of halogens is 1. The van der Waals surface area contributed by atoms with Crippen LogP contribution in [-0.2, 0) is 14.7 Å². The Kier molecular flexibility index (Phi) is 6.57. The van der Waals surface area contributed by atoms with Gasteiger partial charge in [0.25, 0.3) is 0 Å². The van der Waals surface area contributed by atoms with Crippen molar-refractivity contribution in [3.8, 4) is 11.8 Å². The summed E-state index contributed by atoms with van der Waals surface area (Å²) in [6, 6.07) is 17.5. The maximum atomic E-state index is 13.4. The largest absolute Gasteiger partial charge is 0.466 e. The van der Waals surface area contributed by atoms with Crippen molar-refractivity contribution in [3.05, 3.63) is 83.4 Å². The number of aromatic nitrogens is 2. The molecule has 1 amide bonds. The topological polar surface area (TPSA) is 82.0 Å². The number of H-pyrrole nitrogens is 1. The van der Waals surface area contributed by atoms with Gasteiger partial charge in [0, 0.05) is 19.2 Å². The lowest BCUT2D eigenvalue weighted by molar-refractivity contribution is -0.135. The first-order chi connectivity index (χ1) is 15.9. The van der Waals surface area contributed by atoms with Crippen LogP contribution in [0.2, 0.25) is 0 Å². The van der Waals surface area contributed by atoms with Crippen LogP contribution in [0.25, 0.3) is 0 Å². The third-order valence-corrected chi connectivity index (χ3v) is 7.61. The number of nitrogens with one attached hydrogen (secondary N) is 1. The van der Waals surface area contributed by atoms with E-state index < -0.39 is 9.93 Å². The second-order valence-electron chi connectivity index (χ2n) is 8.47. The zero-order valence-electron chi connectivity index (χ0n) is 18.8. The van der Waals surface area contributed by atoms with E-state index in [0.717, 1.165) is 31.4 Å². The predicted octanol–water partition coefficient (Wildman–Crippen LogP) is 5.25. The number of rotatable bonds is 6. The number of benzene rings is 2. The van der Waals surface area contributed by atoms with Gasteiger partial charge in [-0.05, 0) is 59.0 Å². The SMILES string of the molecule is CC[C@@]1(c2ccc(C(Br)(Oc3ccccc3)c3cnc[nH]3)c(C#N)c2)CCCCN(C)C1=O. The lowest BCUT2D eigenvalue weighted by Gasteiger charge is -2.34. The number of nitriles is 1. The summed E-state index contributed by atoms with van der Waals surface area (Å²) < 4.78 is 5.23. The van der Waals surface area contributed by atoms with E-state index in [2.05, 4.69) is 38.9 Å². The van der Waals surface area contributed by atoms with Gasteiger partial charge in [0.05, 0.1) is 35.3 Å². The Hall–Kier alpha value is -3.11. The first-order valence-corrected chi connectivity index (χ1v) is 12.0. The molecule has 170 valence electrons. The van der Waals surface area contributed by atoms with E-state index in [0.29, 0.717) is 29.0 Å². The number of imidazole rings is 1. The van der Waals surface area contributed by atoms with Crippen LogP contribution >= 0.6 is 15.9 Å². The number of hydrogen-bond donors (Lipinski definition) is 1. The maximum absolute atomic E-state index is 13.4. The average Bonchev–Trinajstić information content (AvgIpc) is 3.35. The zero-order valence-corrected chi connectivity index (χ0v) is 20.4. The summed E-state index contributed by atoms with van der Waals surface area (Å²) in [5.41, 5.74) is 2.00. The molecule has 1 fully saturated rings. The van der Waals surface area contributed by atoms with Crippen LogP contribution in [0.3, 0.4) is 0 Å². The number of hydrogen-bond acceptors (Lipinski definition) is 4. The highest BCUT2D eigenvalue weighted by atomic mass is 79.9. The number of para-hydroxylation sites is 1. The quantitative estimate of drug-likeness (QED) is 0.463. The smallest absolute Gasteiger partial charge is 0.232 e. The van der Waals surface area contributed by atoms with Crippen LogP contribution in [0.15, 0.2) is 61.1 Å². The molecule has 3 aromatic rings. The zero-order chi connectivity index (χ0) is 23.5. The maximum Gasteiger partial charge on any atom is 0.232 e. The van der Waals surface area contributed by atoms with E-state index in [9.17, 15) is 10.1 Å². The summed E-state index contributed by atoms with van der Waals surface area (Å²) in [7, 11) is 1.87. The van der Waals surface area contributed by atoms with Crippen LogP contribution in [0.4, 0.5) is 0 Å². The molecule has 0 radical (unpaired) electrons. The van der Waals surface area contributed by atoms with Gasteiger partial charge in [-0.15, -0.1) is 0 Å². The molecule has 0 saturated carbocycles. The summed E-state index contributed by atoms with van der Waals surface area (Å²) in [5.74, 6) is 0.765. The highest BCUT2D eigenvalue weighted by Crippen LogP contribution is 2.44.